The monoisotopic (exact) mass is 363 g/mol. The van der Waals surface area contributed by atoms with E-state index in [0.717, 1.165) is 61.9 Å². The van der Waals surface area contributed by atoms with Crippen molar-refractivity contribution < 1.29 is 9.53 Å². The number of thiocarbonyl (C=S) groups is 1. The van der Waals surface area contributed by atoms with E-state index in [2.05, 4.69) is 17.1 Å². The van der Waals surface area contributed by atoms with E-state index in [4.69, 9.17) is 17.0 Å². The minimum absolute atomic E-state index is 0.163. The molecule has 25 heavy (non-hydrogen) atoms. The maximum absolute atomic E-state index is 11.5. The van der Waals surface area contributed by atoms with Crippen LogP contribution in [0.4, 0.5) is 5.69 Å². The molecular weight excluding hydrogens is 334 g/mol. The Labute approximate surface area is 156 Å². The highest BCUT2D eigenvalue weighted by atomic mass is 32.1. The Bertz CT molecular complexity index is 586. The number of hydrogen-bond acceptors (Lipinski definition) is 3. The number of benzene rings is 1. The number of anilines is 1. The molecule has 1 N–H and O–H groups in total. The second kappa shape index (κ2) is 9.61. The number of hydrogen-bond donors (Lipinski definition) is 1. The second-order valence-corrected chi connectivity index (χ2v) is 6.83. The van der Waals surface area contributed by atoms with Crippen LogP contribution in [-0.4, -0.2) is 53.6 Å². The van der Waals surface area contributed by atoms with Crippen molar-refractivity contribution in [1.29, 1.82) is 0 Å². The van der Waals surface area contributed by atoms with Crippen molar-refractivity contribution in [3.63, 3.8) is 0 Å². The lowest BCUT2D eigenvalue weighted by molar-refractivity contribution is -0.130. The highest BCUT2D eigenvalue weighted by molar-refractivity contribution is 7.80. The fourth-order valence-corrected chi connectivity index (χ4v) is 3.53. The molecule has 5 nitrogen and oxygen atoms in total. The van der Waals surface area contributed by atoms with Gasteiger partial charge in [0.1, 0.15) is 5.75 Å². The largest absolute Gasteiger partial charge is 0.497 e. The lowest BCUT2D eigenvalue weighted by Crippen LogP contribution is -2.49. The topological polar surface area (TPSA) is 44.8 Å². The van der Waals surface area contributed by atoms with E-state index in [1.165, 1.54) is 0 Å². The minimum Gasteiger partial charge on any atom is -0.497 e. The van der Waals surface area contributed by atoms with Crippen LogP contribution >= 0.6 is 12.2 Å². The van der Waals surface area contributed by atoms with Gasteiger partial charge in [0.15, 0.2) is 5.11 Å². The SMILES string of the molecule is CCCCN(C(=S)Nc1cccc(OC)c1)C1CCN(C(C)=O)CC1. The van der Waals surface area contributed by atoms with E-state index < -0.39 is 0 Å². The number of methoxy groups -OCH3 is 1. The highest BCUT2D eigenvalue weighted by Gasteiger charge is 2.27. The molecule has 0 saturated carbocycles. The van der Waals surface area contributed by atoms with Gasteiger partial charge in [0.2, 0.25) is 5.91 Å². The number of ether oxygens (including phenoxy) is 1. The van der Waals surface area contributed by atoms with Gasteiger partial charge >= 0.3 is 0 Å². The zero-order chi connectivity index (χ0) is 18.2. The van der Waals surface area contributed by atoms with E-state index in [1.807, 2.05) is 29.2 Å². The summed E-state index contributed by atoms with van der Waals surface area (Å²) in [6.07, 6.45) is 4.16. The van der Waals surface area contributed by atoms with Crippen molar-refractivity contribution in [3.05, 3.63) is 24.3 Å². The number of amides is 1. The van der Waals surface area contributed by atoms with E-state index >= 15 is 0 Å². The van der Waals surface area contributed by atoms with E-state index in [9.17, 15) is 4.79 Å². The number of carbonyl (C=O) groups is 1. The zero-order valence-corrected chi connectivity index (χ0v) is 16.3. The van der Waals surface area contributed by atoms with Crippen molar-refractivity contribution in [2.24, 2.45) is 0 Å². The third-order valence-corrected chi connectivity index (χ3v) is 5.02. The summed E-state index contributed by atoms with van der Waals surface area (Å²) in [5, 5.41) is 4.11. The molecule has 1 saturated heterocycles. The second-order valence-electron chi connectivity index (χ2n) is 6.45. The fraction of sp³-hybridized carbons (Fsp3) is 0.579. The summed E-state index contributed by atoms with van der Waals surface area (Å²) >= 11 is 5.71. The molecule has 1 aromatic carbocycles. The Morgan fingerprint density at radius 3 is 2.72 bits per heavy atom. The molecule has 6 heteroatoms. The maximum Gasteiger partial charge on any atom is 0.219 e. The Balaban J connectivity index is 2.03. The number of unbranched alkanes of at least 4 members (excludes halogenated alkanes) is 1. The highest BCUT2D eigenvalue weighted by Crippen LogP contribution is 2.21. The van der Waals surface area contributed by atoms with Crippen LogP contribution in [0.25, 0.3) is 0 Å². The predicted molar refractivity (Wildman–Crippen MR) is 106 cm³/mol. The molecule has 1 fully saturated rings. The van der Waals surface area contributed by atoms with Crippen molar-refractivity contribution in [2.75, 3.05) is 32.1 Å². The normalized spacial score (nSPS) is 14.9. The first-order valence-electron chi connectivity index (χ1n) is 9.02. The molecule has 1 aromatic rings. The van der Waals surface area contributed by atoms with Gasteiger partial charge in [-0.1, -0.05) is 19.4 Å². The smallest absolute Gasteiger partial charge is 0.219 e. The summed E-state index contributed by atoms with van der Waals surface area (Å²) in [6, 6.07) is 8.19. The Kier molecular flexibility index (Phi) is 7.50. The molecule has 1 heterocycles. The van der Waals surface area contributed by atoms with Crippen LogP contribution in [0, 0.1) is 0 Å². The van der Waals surface area contributed by atoms with E-state index in [0.29, 0.717) is 6.04 Å². The van der Waals surface area contributed by atoms with Gasteiger partial charge in [-0.05, 0) is 43.6 Å². The maximum atomic E-state index is 11.5. The third-order valence-electron chi connectivity index (χ3n) is 4.69. The summed E-state index contributed by atoms with van der Waals surface area (Å²) in [6.45, 7) is 6.39. The molecule has 0 bridgehead atoms. The van der Waals surface area contributed by atoms with Gasteiger partial charge in [-0.25, -0.2) is 0 Å². The van der Waals surface area contributed by atoms with Crippen LogP contribution < -0.4 is 10.1 Å². The lowest BCUT2D eigenvalue weighted by atomic mass is 10.0. The Hall–Kier alpha value is -1.82. The number of likely N-dealkylation sites (tertiary alicyclic amines) is 1. The van der Waals surface area contributed by atoms with Crippen LogP contribution in [0.3, 0.4) is 0 Å². The molecular formula is C19H29N3O2S. The Morgan fingerprint density at radius 1 is 1.40 bits per heavy atom. The first-order valence-corrected chi connectivity index (χ1v) is 9.43. The number of carbonyl (C=O) groups excluding carboxylic acids is 1. The van der Waals surface area contributed by atoms with Gasteiger partial charge in [0, 0.05) is 44.4 Å². The standard InChI is InChI=1S/C19H29N3O2S/c1-4-5-11-22(17-9-12-21(13-10-17)15(2)23)19(25)20-16-7-6-8-18(14-16)24-3/h6-8,14,17H,4-5,9-13H2,1-3H3,(H,20,25). The number of piperidine rings is 1. The summed E-state index contributed by atoms with van der Waals surface area (Å²) in [5.41, 5.74) is 0.937. The molecule has 0 spiro atoms. The average Bonchev–Trinajstić information content (AvgIpc) is 2.62. The van der Waals surface area contributed by atoms with Crippen LogP contribution in [0.1, 0.15) is 39.5 Å². The molecule has 1 aliphatic heterocycles. The fourth-order valence-electron chi connectivity index (χ4n) is 3.17. The summed E-state index contributed by atoms with van der Waals surface area (Å²) in [7, 11) is 1.66. The first-order chi connectivity index (χ1) is 12.0. The number of nitrogens with one attached hydrogen (secondary N) is 1. The van der Waals surface area contributed by atoms with Crippen molar-refractivity contribution in [1.82, 2.24) is 9.80 Å². The number of rotatable bonds is 6. The zero-order valence-electron chi connectivity index (χ0n) is 15.5. The molecule has 0 aromatic heterocycles. The van der Waals surface area contributed by atoms with Gasteiger partial charge in [-0.15, -0.1) is 0 Å². The molecule has 2 rings (SSSR count). The number of nitrogens with zero attached hydrogens (tertiary/aromatic N) is 2. The third kappa shape index (κ3) is 5.59. The van der Waals surface area contributed by atoms with Crippen molar-refractivity contribution >= 4 is 28.9 Å². The lowest BCUT2D eigenvalue weighted by Gasteiger charge is -2.39. The first kappa shape index (κ1) is 19.5. The van der Waals surface area contributed by atoms with Crippen LogP contribution in [0.2, 0.25) is 0 Å². The summed E-state index contributed by atoms with van der Waals surface area (Å²) < 4.78 is 5.28. The quantitative estimate of drug-likeness (QED) is 0.784. The van der Waals surface area contributed by atoms with Gasteiger partial charge < -0.3 is 19.9 Å². The van der Waals surface area contributed by atoms with Gasteiger partial charge in [-0.2, -0.15) is 0 Å². The predicted octanol–water partition coefficient (Wildman–Crippen LogP) is 3.51. The van der Waals surface area contributed by atoms with Crippen LogP contribution in [-0.2, 0) is 4.79 Å². The molecule has 0 aliphatic carbocycles. The molecule has 1 aliphatic rings. The summed E-state index contributed by atoms with van der Waals surface area (Å²) in [5.74, 6) is 0.971. The van der Waals surface area contributed by atoms with E-state index in [-0.39, 0.29) is 5.91 Å². The van der Waals surface area contributed by atoms with Crippen molar-refractivity contribution in [2.45, 2.75) is 45.6 Å². The van der Waals surface area contributed by atoms with Crippen LogP contribution in [0.5, 0.6) is 5.75 Å². The van der Waals surface area contributed by atoms with Gasteiger partial charge in [0.25, 0.3) is 0 Å². The molecule has 1 amide bonds. The molecule has 138 valence electrons. The molecule has 0 unspecified atom stereocenters. The molecule has 0 radical (unpaired) electrons. The summed E-state index contributed by atoms with van der Waals surface area (Å²) in [4.78, 5) is 15.8. The van der Waals surface area contributed by atoms with Gasteiger partial charge in [0.05, 0.1) is 7.11 Å². The Morgan fingerprint density at radius 2 is 2.12 bits per heavy atom. The van der Waals surface area contributed by atoms with Crippen molar-refractivity contribution in [3.8, 4) is 5.75 Å². The minimum atomic E-state index is 0.163. The molecule has 0 atom stereocenters. The van der Waals surface area contributed by atoms with E-state index in [1.54, 1.807) is 14.0 Å². The van der Waals surface area contributed by atoms with Crippen LogP contribution in [0.15, 0.2) is 24.3 Å². The van der Waals surface area contributed by atoms with Gasteiger partial charge in [-0.3, -0.25) is 4.79 Å². The average molecular weight is 364 g/mol.